The van der Waals surface area contributed by atoms with Gasteiger partial charge in [0.15, 0.2) is 0 Å². The number of hydrogen-bond donors (Lipinski definition) is 1. The lowest BCUT2D eigenvalue weighted by molar-refractivity contribution is 0.152. The minimum Gasteiger partial charge on any atom is -0.328 e. The van der Waals surface area contributed by atoms with E-state index in [0.717, 1.165) is 25.7 Å². The second kappa shape index (κ2) is 4.22. The summed E-state index contributed by atoms with van der Waals surface area (Å²) in [5, 5.41) is 0. The molecule has 1 fully saturated rings. The van der Waals surface area contributed by atoms with Gasteiger partial charge >= 0.3 is 0 Å². The van der Waals surface area contributed by atoms with Crippen LogP contribution in [0.2, 0.25) is 0 Å². The summed E-state index contributed by atoms with van der Waals surface area (Å²) in [6, 6.07) is 0.122. The molecule has 0 aromatic heterocycles. The van der Waals surface area contributed by atoms with Gasteiger partial charge in [-0.05, 0) is 25.7 Å². The van der Waals surface area contributed by atoms with E-state index in [0.29, 0.717) is 12.8 Å². The molecule has 0 heterocycles. The molecule has 0 saturated heterocycles. The zero-order valence-corrected chi connectivity index (χ0v) is 7.98. The molecule has 0 aromatic rings. The van der Waals surface area contributed by atoms with Gasteiger partial charge in [0.25, 0.3) is 0 Å². The maximum absolute atomic E-state index is 13.8. The van der Waals surface area contributed by atoms with Gasteiger partial charge in [0.2, 0.25) is 0 Å². The third-order valence-electron chi connectivity index (χ3n) is 2.82. The molecule has 2 N–H and O–H groups in total. The fraction of sp³-hybridized carbons (Fsp3) is 1.00. The molecule has 72 valence electrons. The normalized spacial score (nSPS) is 35.8. The van der Waals surface area contributed by atoms with Gasteiger partial charge in [0.1, 0.15) is 5.67 Å². The fourth-order valence-corrected chi connectivity index (χ4v) is 2.04. The summed E-state index contributed by atoms with van der Waals surface area (Å²) >= 11 is 0. The standard InChI is InChI=1S/C10H20FN/c1-2-3-4-6-10(11)7-5-9(12)8-10/h9H,2-8,12H2,1H3. The molecule has 2 atom stereocenters. The van der Waals surface area contributed by atoms with Crippen molar-refractivity contribution in [3.63, 3.8) is 0 Å². The van der Waals surface area contributed by atoms with Crippen LogP contribution in [0.4, 0.5) is 4.39 Å². The van der Waals surface area contributed by atoms with Gasteiger partial charge in [0, 0.05) is 6.04 Å². The lowest BCUT2D eigenvalue weighted by Crippen LogP contribution is -2.23. The van der Waals surface area contributed by atoms with E-state index < -0.39 is 5.67 Å². The van der Waals surface area contributed by atoms with Crippen molar-refractivity contribution in [2.45, 2.75) is 63.6 Å². The summed E-state index contributed by atoms with van der Waals surface area (Å²) < 4.78 is 13.8. The molecule has 2 unspecified atom stereocenters. The smallest absolute Gasteiger partial charge is 0.112 e. The Morgan fingerprint density at radius 2 is 2.25 bits per heavy atom. The molecular weight excluding hydrogens is 153 g/mol. The molecule has 0 amide bonds. The summed E-state index contributed by atoms with van der Waals surface area (Å²) in [7, 11) is 0. The molecule has 1 aliphatic rings. The Labute approximate surface area is 74.5 Å². The van der Waals surface area contributed by atoms with Crippen LogP contribution in [0, 0.1) is 0 Å². The Kier molecular flexibility index (Phi) is 3.51. The maximum atomic E-state index is 13.8. The van der Waals surface area contributed by atoms with Crippen molar-refractivity contribution in [2.24, 2.45) is 5.73 Å². The Morgan fingerprint density at radius 1 is 1.50 bits per heavy atom. The van der Waals surface area contributed by atoms with Crippen LogP contribution in [-0.2, 0) is 0 Å². The van der Waals surface area contributed by atoms with E-state index in [2.05, 4.69) is 6.92 Å². The first kappa shape index (κ1) is 9.97. The van der Waals surface area contributed by atoms with Gasteiger partial charge in [-0.2, -0.15) is 0 Å². The molecule has 0 bridgehead atoms. The van der Waals surface area contributed by atoms with E-state index in [1.165, 1.54) is 6.42 Å². The van der Waals surface area contributed by atoms with Gasteiger partial charge < -0.3 is 5.73 Å². The highest BCUT2D eigenvalue weighted by Gasteiger charge is 2.36. The summed E-state index contributed by atoms with van der Waals surface area (Å²) in [6.45, 7) is 2.14. The highest BCUT2D eigenvalue weighted by molar-refractivity contribution is 4.91. The van der Waals surface area contributed by atoms with E-state index in [1.807, 2.05) is 0 Å². The van der Waals surface area contributed by atoms with Crippen molar-refractivity contribution in [2.75, 3.05) is 0 Å². The number of unbranched alkanes of at least 4 members (excludes halogenated alkanes) is 2. The van der Waals surface area contributed by atoms with Crippen LogP contribution in [0.5, 0.6) is 0 Å². The summed E-state index contributed by atoms with van der Waals surface area (Å²) in [6.07, 6.45) is 6.24. The monoisotopic (exact) mass is 173 g/mol. The van der Waals surface area contributed by atoms with Crippen LogP contribution in [0.15, 0.2) is 0 Å². The van der Waals surface area contributed by atoms with E-state index in [-0.39, 0.29) is 6.04 Å². The van der Waals surface area contributed by atoms with Crippen LogP contribution in [0.3, 0.4) is 0 Å². The van der Waals surface area contributed by atoms with Crippen molar-refractivity contribution in [1.82, 2.24) is 0 Å². The summed E-state index contributed by atoms with van der Waals surface area (Å²) in [5.41, 5.74) is 4.77. The van der Waals surface area contributed by atoms with Crippen LogP contribution in [0.1, 0.15) is 51.9 Å². The predicted molar refractivity (Wildman–Crippen MR) is 49.8 cm³/mol. The topological polar surface area (TPSA) is 26.0 Å². The van der Waals surface area contributed by atoms with Crippen molar-refractivity contribution < 1.29 is 4.39 Å². The minimum atomic E-state index is -0.908. The second-order valence-electron chi connectivity index (χ2n) is 4.11. The molecule has 0 aliphatic heterocycles. The third-order valence-corrected chi connectivity index (χ3v) is 2.82. The number of hydrogen-bond acceptors (Lipinski definition) is 1. The van der Waals surface area contributed by atoms with Crippen LogP contribution in [0.25, 0.3) is 0 Å². The molecule has 1 nitrogen and oxygen atoms in total. The molecule has 1 aliphatic carbocycles. The Hall–Kier alpha value is -0.110. The number of halogens is 1. The van der Waals surface area contributed by atoms with Crippen LogP contribution >= 0.6 is 0 Å². The van der Waals surface area contributed by atoms with Crippen molar-refractivity contribution in [3.8, 4) is 0 Å². The highest BCUT2D eigenvalue weighted by Crippen LogP contribution is 2.36. The molecule has 2 heteroatoms. The lowest BCUT2D eigenvalue weighted by Gasteiger charge is -2.18. The lowest BCUT2D eigenvalue weighted by atomic mass is 9.96. The first-order valence-corrected chi connectivity index (χ1v) is 5.11. The molecule has 12 heavy (non-hydrogen) atoms. The SMILES string of the molecule is CCCCCC1(F)CCC(N)C1. The Morgan fingerprint density at radius 3 is 2.75 bits per heavy atom. The largest absolute Gasteiger partial charge is 0.328 e. The minimum absolute atomic E-state index is 0.122. The van der Waals surface area contributed by atoms with Gasteiger partial charge in [-0.1, -0.05) is 26.2 Å². The summed E-state index contributed by atoms with van der Waals surface area (Å²) in [5.74, 6) is 0. The van der Waals surface area contributed by atoms with E-state index in [9.17, 15) is 4.39 Å². The quantitative estimate of drug-likeness (QED) is 0.650. The number of nitrogens with two attached hydrogens (primary N) is 1. The number of alkyl halides is 1. The Bertz CT molecular complexity index is 138. The molecule has 0 aromatic carbocycles. The first-order chi connectivity index (χ1) is 5.66. The molecule has 1 saturated carbocycles. The summed E-state index contributed by atoms with van der Waals surface area (Å²) in [4.78, 5) is 0. The maximum Gasteiger partial charge on any atom is 0.112 e. The van der Waals surface area contributed by atoms with Crippen LogP contribution in [-0.4, -0.2) is 11.7 Å². The van der Waals surface area contributed by atoms with Crippen LogP contribution < -0.4 is 5.73 Å². The fourth-order valence-electron chi connectivity index (χ4n) is 2.04. The average Bonchev–Trinajstić information content (AvgIpc) is 2.32. The Balaban J connectivity index is 2.21. The molecule has 0 spiro atoms. The number of rotatable bonds is 4. The van der Waals surface area contributed by atoms with Gasteiger partial charge in [0.05, 0.1) is 0 Å². The van der Waals surface area contributed by atoms with Gasteiger partial charge in [-0.25, -0.2) is 4.39 Å². The third kappa shape index (κ3) is 2.74. The van der Waals surface area contributed by atoms with Gasteiger partial charge in [-0.3, -0.25) is 0 Å². The van der Waals surface area contributed by atoms with E-state index in [4.69, 9.17) is 5.73 Å². The van der Waals surface area contributed by atoms with Crippen molar-refractivity contribution >= 4 is 0 Å². The van der Waals surface area contributed by atoms with E-state index in [1.54, 1.807) is 0 Å². The molecule has 1 rings (SSSR count). The average molecular weight is 173 g/mol. The molecule has 0 radical (unpaired) electrons. The zero-order valence-electron chi connectivity index (χ0n) is 7.98. The second-order valence-corrected chi connectivity index (χ2v) is 4.11. The van der Waals surface area contributed by atoms with Crippen molar-refractivity contribution in [3.05, 3.63) is 0 Å². The zero-order chi connectivity index (χ0) is 9.03. The van der Waals surface area contributed by atoms with E-state index >= 15 is 0 Å². The molecular formula is C10H20FN. The van der Waals surface area contributed by atoms with Gasteiger partial charge in [-0.15, -0.1) is 0 Å². The highest BCUT2D eigenvalue weighted by atomic mass is 19.1. The predicted octanol–water partition coefficient (Wildman–Crippen LogP) is 2.79. The first-order valence-electron chi connectivity index (χ1n) is 5.11. The van der Waals surface area contributed by atoms with Crippen molar-refractivity contribution in [1.29, 1.82) is 0 Å².